The molecule has 0 amide bonds. The van der Waals surface area contributed by atoms with E-state index in [0.29, 0.717) is 25.8 Å². The number of ether oxygens (including phenoxy) is 1. The molecule has 2 heterocycles. The normalized spacial score (nSPS) is 20.0. The van der Waals surface area contributed by atoms with Crippen molar-refractivity contribution in [3.05, 3.63) is 59.0 Å². The standard InChI is InChI=1S/C18H22ClNO3/c19-15-5-1-4-14(10-15)18-7-2-8-20(18)11-16(21)12-22-13-17-6-3-9-23-17/h1,3-6,9-10,16,18,21H,2,7-8,11-13H2. The Morgan fingerprint density at radius 2 is 2.26 bits per heavy atom. The molecular weight excluding hydrogens is 314 g/mol. The molecule has 0 saturated carbocycles. The summed E-state index contributed by atoms with van der Waals surface area (Å²) in [6, 6.07) is 12.0. The van der Waals surface area contributed by atoms with Gasteiger partial charge < -0.3 is 14.3 Å². The summed E-state index contributed by atoms with van der Waals surface area (Å²) in [4.78, 5) is 2.31. The van der Waals surface area contributed by atoms with E-state index in [4.69, 9.17) is 20.8 Å². The van der Waals surface area contributed by atoms with Crippen LogP contribution >= 0.6 is 11.6 Å². The Bertz CT molecular complexity index is 602. The first-order valence-electron chi connectivity index (χ1n) is 8.00. The van der Waals surface area contributed by atoms with Crippen molar-refractivity contribution in [2.45, 2.75) is 31.6 Å². The van der Waals surface area contributed by atoms with Gasteiger partial charge in [-0.3, -0.25) is 4.90 Å². The summed E-state index contributed by atoms with van der Waals surface area (Å²) in [6.45, 7) is 2.29. The zero-order valence-electron chi connectivity index (χ0n) is 13.0. The largest absolute Gasteiger partial charge is 0.467 e. The number of halogens is 1. The fraction of sp³-hybridized carbons (Fsp3) is 0.444. The van der Waals surface area contributed by atoms with E-state index in [0.717, 1.165) is 30.2 Å². The molecule has 0 bridgehead atoms. The molecule has 0 spiro atoms. The molecular formula is C18H22ClNO3. The van der Waals surface area contributed by atoms with Gasteiger partial charge in [0.2, 0.25) is 0 Å². The Morgan fingerprint density at radius 3 is 3.04 bits per heavy atom. The van der Waals surface area contributed by atoms with E-state index in [-0.39, 0.29) is 0 Å². The van der Waals surface area contributed by atoms with Crippen LogP contribution < -0.4 is 0 Å². The molecule has 1 aromatic heterocycles. The fourth-order valence-electron chi connectivity index (χ4n) is 3.15. The number of furan rings is 1. The number of nitrogens with zero attached hydrogens (tertiary/aromatic N) is 1. The number of β-amino-alcohol motifs (C(OH)–C–C–N with tert-alkyl or cyclic N) is 1. The quantitative estimate of drug-likeness (QED) is 0.839. The average molecular weight is 336 g/mol. The van der Waals surface area contributed by atoms with Crippen LogP contribution in [0, 0.1) is 0 Å². The number of rotatable bonds is 7. The molecule has 1 saturated heterocycles. The smallest absolute Gasteiger partial charge is 0.129 e. The van der Waals surface area contributed by atoms with Gasteiger partial charge in [-0.05, 0) is 49.2 Å². The van der Waals surface area contributed by atoms with E-state index < -0.39 is 6.10 Å². The molecule has 1 aromatic carbocycles. The lowest BCUT2D eigenvalue weighted by molar-refractivity contribution is 0.00308. The van der Waals surface area contributed by atoms with Gasteiger partial charge in [-0.2, -0.15) is 0 Å². The van der Waals surface area contributed by atoms with Gasteiger partial charge in [0, 0.05) is 17.6 Å². The Morgan fingerprint density at radius 1 is 1.35 bits per heavy atom. The van der Waals surface area contributed by atoms with E-state index in [1.54, 1.807) is 6.26 Å². The first-order valence-corrected chi connectivity index (χ1v) is 8.38. The molecule has 2 unspecified atom stereocenters. The highest BCUT2D eigenvalue weighted by molar-refractivity contribution is 6.30. The van der Waals surface area contributed by atoms with E-state index in [2.05, 4.69) is 11.0 Å². The predicted octanol–water partition coefficient (Wildman–Crippen LogP) is 3.65. The summed E-state index contributed by atoms with van der Waals surface area (Å²) in [7, 11) is 0. The van der Waals surface area contributed by atoms with Crippen molar-refractivity contribution in [2.75, 3.05) is 19.7 Å². The highest BCUT2D eigenvalue weighted by atomic mass is 35.5. The molecule has 3 rings (SSSR count). The number of benzene rings is 1. The van der Waals surface area contributed by atoms with Gasteiger partial charge in [0.1, 0.15) is 12.4 Å². The minimum Gasteiger partial charge on any atom is -0.467 e. The van der Waals surface area contributed by atoms with Gasteiger partial charge in [0.15, 0.2) is 0 Å². The molecule has 5 heteroatoms. The minimum absolute atomic E-state index is 0.305. The van der Waals surface area contributed by atoms with Crippen LogP contribution in [0.4, 0.5) is 0 Å². The van der Waals surface area contributed by atoms with Gasteiger partial charge in [-0.15, -0.1) is 0 Å². The predicted molar refractivity (Wildman–Crippen MR) is 89.4 cm³/mol. The van der Waals surface area contributed by atoms with Crippen LogP contribution in [0.25, 0.3) is 0 Å². The van der Waals surface area contributed by atoms with E-state index in [1.165, 1.54) is 5.56 Å². The van der Waals surface area contributed by atoms with Crippen LogP contribution in [0.2, 0.25) is 5.02 Å². The summed E-state index contributed by atoms with van der Waals surface area (Å²) in [5.41, 5.74) is 1.22. The number of hydrogen-bond acceptors (Lipinski definition) is 4. The van der Waals surface area contributed by atoms with Crippen LogP contribution in [-0.4, -0.2) is 35.8 Å². The lowest BCUT2D eigenvalue weighted by Gasteiger charge is -2.27. The highest BCUT2D eigenvalue weighted by Crippen LogP contribution is 2.32. The Labute approximate surface area is 141 Å². The molecule has 1 fully saturated rings. The maximum atomic E-state index is 10.2. The Balaban J connectivity index is 1.49. The molecule has 4 nitrogen and oxygen atoms in total. The summed E-state index contributed by atoms with van der Waals surface area (Å²) in [5.74, 6) is 0.773. The number of likely N-dealkylation sites (tertiary alicyclic amines) is 1. The number of aliphatic hydroxyl groups is 1. The summed E-state index contributed by atoms with van der Waals surface area (Å²) in [6.07, 6.45) is 3.34. The zero-order valence-corrected chi connectivity index (χ0v) is 13.8. The van der Waals surface area contributed by atoms with E-state index in [1.807, 2.05) is 30.3 Å². The van der Waals surface area contributed by atoms with Crippen molar-refractivity contribution in [1.29, 1.82) is 0 Å². The number of aliphatic hydroxyl groups excluding tert-OH is 1. The van der Waals surface area contributed by atoms with E-state index >= 15 is 0 Å². The van der Waals surface area contributed by atoms with Gasteiger partial charge >= 0.3 is 0 Å². The van der Waals surface area contributed by atoms with Crippen molar-refractivity contribution >= 4 is 11.6 Å². The molecule has 0 radical (unpaired) electrons. The first kappa shape index (κ1) is 16.5. The molecule has 23 heavy (non-hydrogen) atoms. The van der Waals surface area contributed by atoms with Gasteiger partial charge in [-0.25, -0.2) is 0 Å². The molecule has 1 aliphatic rings. The van der Waals surface area contributed by atoms with Gasteiger partial charge in [-0.1, -0.05) is 23.7 Å². The second kappa shape index (κ2) is 7.97. The molecule has 1 aliphatic heterocycles. The molecule has 2 aromatic rings. The molecule has 0 aliphatic carbocycles. The Hall–Kier alpha value is -1.33. The van der Waals surface area contributed by atoms with Crippen molar-refractivity contribution < 1.29 is 14.3 Å². The monoisotopic (exact) mass is 335 g/mol. The summed E-state index contributed by atoms with van der Waals surface area (Å²) < 4.78 is 10.7. The molecule has 1 N–H and O–H groups in total. The van der Waals surface area contributed by atoms with Crippen molar-refractivity contribution in [3.63, 3.8) is 0 Å². The summed E-state index contributed by atoms with van der Waals surface area (Å²) >= 11 is 6.10. The van der Waals surface area contributed by atoms with Gasteiger partial charge in [0.25, 0.3) is 0 Å². The van der Waals surface area contributed by atoms with Crippen LogP contribution in [0.5, 0.6) is 0 Å². The topological polar surface area (TPSA) is 45.8 Å². The van der Waals surface area contributed by atoms with Crippen LogP contribution in [-0.2, 0) is 11.3 Å². The van der Waals surface area contributed by atoms with Crippen molar-refractivity contribution in [3.8, 4) is 0 Å². The van der Waals surface area contributed by atoms with E-state index in [9.17, 15) is 5.11 Å². The SMILES string of the molecule is OC(COCc1ccco1)CN1CCCC1c1cccc(Cl)c1. The molecule has 124 valence electrons. The number of hydrogen-bond donors (Lipinski definition) is 1. The minimum atomic E-state index is -0.509. The third kappa shape index (κ3) is 4.58. The third-order valence-corrected chi connectivity index (χ3v) is 4.41. The van der Waals surface area contributed by atoms with Crippen molar-refractivity contribution in [1.82, 2.24) is 4.90 Å². The maximum absolute atomic E-state index is 10.2. The van der Waals surface area contributed by atoms with Crippen LogP contribution in [0.3, 0.4) is 0 Å². The lowest BCUT2D eigenvalue weighted by Crippen LogP contribution is -2.34. The lowest BCUT2D eigenvalue weighted by atomic mass is 10.0. The average Bonchev–Trinajstić information content (AvgIpc) is 3.19. The van der Waals surface area contributed by atoms with Crippen LogP contribution in [0.1, 0.15) is 30.2 Å². The fourth-order valence-corrected chi connectivity index (χ4v) is 3.35. The zero-order chi connectivity index (χ0) is 16.1. The first-order chi connectivity index (χ1) is 11.2. The highest BCUT2D eigenvalue weighted by Gasteiger charge is 2.27. The second-order valence-electron chi connectivity index (χ2n) is 5.96. The second-order valence-corrected chi connectivity index (χ2v) is 6.39. The van der Waals surface area contributed by atoms with Crippen LogP contribution in [0.15, 0.2) is 47.1 Å². The molecule has 2 atom stereocenters. The Kier molecular flexibility index (Phi) is 5.73. The maximum Gasteiger partial charge on any atom is 0.129 e. The van der Waals surface area contributed by atoms with Gasteiger partial charge in [0.05, 0.1) is 19.0 Å². The summed E-state index contributed by atoms with van der Waals surface area (Å²) in [5, 5.41) is 11.0. The third-order valence-electron chi connectivity index (χ3n) is 4.18. The van der Waals surface area contributed by atoms with Crippen molar-refractivity contribution in [2.24, 2.45) is 0 Å².